The van der Waals surface area contributed by atoms with Crippen LogP contribution in [0.3, 0.4) is 0 Å². The van der Waals surface area contributed by atoms with Gasteiger partial charge in [0.15, 0.2) is 0 Å². The Morgan fingerprint density at radius 3 is 2.68 bits per heavy atom. The average Bonchev–Trinajstić information content (AvgIpc) is 3.60. The number of hydrogen-bond donors (Lipinski definition) is 2. The Morgan fingerprint density at radius 1 is 1.00 bits per heavy atom. The quantitative estimate of drug-likeness (QED) is 0.220. The molecule has 0 spiro atoms. The van der Waals surface area contributed by atoms with Crippen LogP contribution in [0.25, 0.3) is 50.0 Å². The molecule has 0 bridgehead atoms. The molecular formula is C33H33N5. The molecule has 38 heavy (non-hydrogen) atoms. The van der Waals surface area contributed by atoms with Crippen molar-refractivity contribution in [3.05, 3.63) is 97.0 Å². The number of fused-ring (bicyclic) bond motifs is 2. The van der Waals surface area contributed by atoms with Gasteiger partial charge in [-0.25, -0.2) is 0 Å². The Labute approximate surface area is 223 Å². The number of nitrogens with one attached hydrogen (secondary N) is 2. The van der Waals surface area contributed by atoms with Crippen molar-refractivity contribution in [3.63, 3.8) is 0 Å². The smallest absolute Gasteiger partial charge is 0.116 e. The van der Waals surface area contributed by atoms with E-state index in [-0.39, 0.29) is 0 Å². The lowest BCUT2D eigenvalue weighted by Crippen LogP contribution is -2.06. The summed E-state index contributed by atoms with van der Waals surface area (Å²) in [6.45, 7) is 6.19. The largest absolute Gasteiger partial charge is 0.353 e. The molecule has 1 aliphatic rings. The maximum Gasteiger partial charge on any atom is 0.116 e. The van der Waals surface area contributed by atoms with E-state index in [2.05, 4.69) is 76.2 Å². The zero-order valence-corrected chi connectivity index (χ0v) is 21.9. The number of H-pyrrole nitrogens is 2. The highest BCUT2D eigenvalue weighted by Gasteiger charge is 2.17. The highest BCUT2D eigenvalue weighted by atomic mass is 15.1. The number of pyridine rings is 2. The van der Waals surface area contributed by atoms with E-state index in [9.17, 15) is 0 Å². The number of rotatable bonds is 7. The fraction of sp³-hybridized carbons (Fsp3) is 0.242. The summed E-state index contributed by atoms with van der Waals surface area (Å²) in [6, 6.07) is 16.6. The predicted octanol–water partition coefficient (Wildman–Crippen LogP) is 8.65. The van der Waals surface area contributed by atoms with Gasteiger partial charge in [0.25, 0.3) is 0 Å². The van der Waals surface area contributed by atoms with Crippen LogP contribution in [0.4, 0.5) is 0 Å². The van der Waals surface area contributed by atoms with Crippen LogP contribution >= 0.6 is 0 Å². The van der Waals surface area contributed by atoms with Gasteiger partial charge >= 0.3 is 0 Å². The van der Waals surface area contributed by atoms with E-state index < -0.39 is 0 Å². The van der Waals surface area contributed by atoms with Crippen molar-refractivity contribution >= 4 is 27.4 Å². The van der Waals surface area contributed by atoms with Crippen LogP contribution in [0, 0.1) is 5.92 Å². The van der Waals surface area contributed by atoms with Gasteiger partial charge in [0.05, 0.1) is 28.8 Å². The van der Waals surface area contributed by atoms with Crippen LogP contribution in [0.1, 0.15) is 51.1 Å². The fourth-order valence-corrected chi connectivity index (χ4v) is 5.74. The molecule has 5 heteroatoms. The third kappa shape index (κ3) is 4.72. The zero-order chi connectivity index (χ0) is 25.9. The molecule has 0 atom stereocenters. The third-order valence-electron chi connectivity index (χ3n) is 7.77. The summed E-state index contributed by atoms with van der Waals surface area (Å²) in [5, 5.41) is 10.0. The zero-order valence-electron chi connectivity index (χ0n) is 21.9. The molecule has 190 valence electrons. The van der Waals surface area contributed by atoms with Gasteiger partial charge in [-0.05, 0) is 66.8 Å². The second-order valence-electron chi connectivity index (χ2n) is 10.2. The molecule has 5 nitrogen and oxygen atoms in total. The van der Waals surface area contributed by atoms with Crippen LogP contribution in [0.15, 0.2) is 91.3 Å². The van der Waals surface area contributed by atoms with E-state index >= 15 is 0 Å². The molecule has 4 aromatic heterocycles. The van der Waals surface area contributed by atoms with Crippen molar-refractivity contribution in [2.45, 2.75) is 45.4 Å². The molecule has 6 rings (SSSR count). The second kappa shape index (κ2) is 10.6. The van der Waals surface area contributed by atoms with E-state index in [1.165, 1.54) is 37.7 Å². The van der Waals surface area contributed by atoms with E-state index in [1.807, 2.05) is 36.7 Å². The van der Waals surface area contributed by atoms with Gasteiger partial charge in [0.2, 0.25) is 0 Å². The lowest BCUT2D eigenvalue weighted by atomic mass is 9.84. The highest BCUT2D eigenvalue weighted by molar-refractivity contribution is 6.01. The van der Waals surface area contributed by atoms with Crippen molar-refractivity contribution in [1.29, 1.82) is 0 Å². The Bertz CT molecular complexity index is 1650. The number of benzene rings is 1. The van der Waals surface area contributed by atoms with Crippen LogP contribution < -0.4 is 0 Å². The van der Waals surface area contributed by atoms with E-state index in [1.54, 1.807) is 0 Å². The molecule has 0 amide bonds. The second-order valence-corrected chi connectivity index (χ2v) is 10.2. The molecule has 1 aromatic carbocycles. The summed E-state index contributed by atoms with van der Waals surface area (Å²) in [7, 11) is 0. The summed E-state index contributed by atoms with van der Waals surface area (Å²) >= 11 is 0. The van der Waals surface area contributed by atoms with Gasteiger partial charge in [-0.2, -0.15) is 5.10 Å². The molecule has 1 fully saturated rings. The maximum atomic E-state index is 4.78. The predicted molar refractivity (Wildman–Crippen MR) is 158 cm³/mol. The van der Waals surface area contributed by atoms with Crippen LogP contribution in [0.2, 0.25) is 0 Å². The Morgan fingerprint density at radius 2 is 1.89 bits per heavy atom. The highest BCUT2D eigenvalue weighted by Crippen LogP contribution is 2.35. The SMILES string of the molecule is C=C/C(=C\C(=C/C)c1cc2c(-c3cc4c(-c5ccccn5)cccc4[nH]3)n[nH]c2cn1)CC1CCCCC1. The normalized spacial score (nSPS) is 15.4. The molecule has 0 aliphatic heterocycles. The van der Waals surface area contributed by atoms with E-state index in [0.29, 0.717) is 0 Å². The first kappa shape index (κ1) is 24.1. The molecule has 0 radical (unpaired) electrons. The monoisotopic (exact) mass is 499 g/mol. The first-order valence-electron chi connectivity index (χ1n) is 13.6. The maximum absolute atomic E-state index is 4.78. The van der Waals surface area contributed by atoms with Gasteiger partial charge < -0.3 is 4.98 Å². The third-order valence-corrected chi connectivity index (χ3v) is 7.77. The van der Waals surface area contributed by atoms with Crippen molar-refractivity contribution < 1.29 is 0 Å². The summed E-state index contributed by atoms with van der Waals surface area (Å²) in [5.74, 6) is 0.764. The van der Waals surface area contributed by atoms with Gasteiger partial charge in [-0.1, -0.05) is 69.0 Å². The molecule has 0 unspecified atom stereocenters. The summed E-state index contributed by atoms with van der Waals surface area (Å²) in [6.07, 6.45) is 18.0. The van der Waals surface area contributed by atoms with E-state index in [4.69, 9.17) is 4.98 Å². The molecule has 5 aromatic rings. The lowest BCUT2D eigenvalue weighted by Gasteiger charge is -2.22. The van der Waals surface area contributed by atoms with Crippen molar-refractivity contribution in [3.8, 4) is 22.6 Å². The first-order valence-corrected chi connectivity index (χ1v) is 13.6. The van der Waals surface area contributed by atoms with E-state index in [0.717, 1.165) is 68.1 Å². The molecule has 2 N–H and O–H groups in total. The van der Waals surface area contributed by atoms with Crippen molar-refractivity contribution in [2.24, 2.45) is 5.92 Å². The van der Waals surface area contributed by atoms with Gasteiger partial charge in [-0.3, -0.25) is 15.1 Å². The Balaban J connectivity index is 1.36. The van der Waals surface area contributed by atoms with Crippen LogP contribution in [-0.2, 0) is 0 Å². The molecular weight excluding hydrogens is 466 g/mol. The van der Waals surface area contributed by atoms with Gasteiger partial charge in [-0.15, -0.1) is 0 Å². The van der Waals surface area contributed by atoms with Gasteiger partial charge in [0.1, 0.15) is 5.69 Å². The van der Waals surface area contributed by atoms with Crippen LogP contribution in [0.5, 0.6) is 0 Å². The Hall–Kier alpha value is -4.25. The van der Waals surface area contributed by atoms with Crippen molar-refractivity contribution in [2.75, 3.05) is 0 Å². The number of aromatic nitrogens is 5. The molecule has 4 heterocycles. The lowest BCUT2D eigenvalue weighted by molar-refractivity contribution is 0.358. The minimum atomic E-state index is 0.764. The summed E-state index contributed by atoms with van der Waals surface area (Å²) in [5.41, 5.74) is 9.22. The fourth-order valence-electron chi connectivity index (χ4n) is 5.74. The summed E-state index contributed by atoms with van der Waals surface area (Å²) in [4.78, 5) is 12.9. The molecule has 1 saturated carbocycles. The first-order chi connectivity index (χ1) is 18.7. The topological polar surface area (TPSA) is 70.2 Å². The average molecular weight is 500 g/mol. The molecule has 1 aliphatic carbocycles. The summed E-state index contributed by atoms with van der Waals surface area (Å²) < 4.78 is 0. The van der Waals surface area contributed by atoms with Crippen LogP contribution in [-0.4, -0.2) is 25.1 Å². The number of allylic oxidation sites excluding steroid dienone is 5. The standard InChI is InChI=1S/C33H33N5/c1-3-22(17-23-11-6-5-7-12-23)18-24(4-2)30-20-27-32(21-35-30)37-38-33(27)31-19-26-25(13-10-15-29(26)36-31)28-14-8-9-16-34-28/h3-4,8-10,13-16,18-21,23,36H,1,5-7,11-12,17H2,2H3,(H,37,38)/b22-18+,24-4+. The number of aromatic amines is 2. The van der Waals surface area contributed by atoms with Crippen molar-refractivity contribution in [1.82, 2.24) is 25.1 Å². The Kier molecular flexibility index (Phi) is 6.74. The minimum Gasteiger partial charge on any atom is -0.353 e. The molecule has 0 saturated heterocycles. The number of nitrogens with zero attached hydrogens (tertiary/aromatic N) is 3. The van der Waals surface area contributed by atoms with Gasteiger partial charge in [0, 0.05) is 28.0 Å². The number of hydrogen-bond acceptors (Lipinski definition) is 3. The minimum absolute atomic E-state index is 0.764.